The van der Waals surface area contributed by atoms with E-state index in [0.717, 1.165) is 0 Å². The van der Waals surface area contributed by atoms with Gasteiger partial charge < -0.3 is 58.9 Å². The minimum atomic E-state index is -1.57. The van der Waals surface area contributed by atoms with Crippen LogP contribution in [0.3, 0.4) is 0 Å². The summed E-state index contributed by atoms with van der Waals surface area (Å²) in [5, 5.41) is 31.6. The molecule has 0 radical (unpaired) electrons. The number of aliphatic hydroxyl groups is 1. The molecule has 0 unspecified atom stereocenters. The summed E-state index contributed by atoms with van der Waals surface area (Å²) in [6.07, 6.45) is 1.65. The van der Waals surface area contributed by atoms with Crippen molar-refractivity contribution < 1.29 is 43.8 Å². The van der Waals surface area contributed by atoms with E-state index >= 15 is 0 Å². The number of hydrogen-bond acceptors (Lipinski definition) is 10. The number of nitrogens with one attached hydrogen (secondary N) is 5. The van der Waals surface area contributed by atoms with E-state index in [-0.39, 0.29) is 50.8 Å². The molecule has 13 N–H and O–H groups in total. The maximum Gasteiger partial charge on any atom is 0.326 e. The zero-order valence-corrected chi connectivity index (χ0v) is 29.5. The van der Waals surface area contributed by atoms with E-state index in [2.05, 4.69) is 31.6 Å². The zero-order chi connectivity index (χ0) is 38.8. The molecule has 0 bridgehead atoms. The van der Waals surface area contributed by atoms with Crippen LogP contribution in [0.5, 0.6) is 0 Å². The third kappa shape index (κ3) is 14.1. The number of likely N-dealkylation sites (tertiary alicyclic amines) is 1. The van der Waals surface area contributed by atoms with Gasteiger partial charge in [-0.15, -0.1) is 0 Å². The van der Waals surface area contributed by atoms with Crippen molar-refractivity contribution in [2.45, 2.75) is 82.6 Å². The van der Waals surface area contributed by atoms with Crippen LogP contribution in [0.1, 0.15) is 51.5 Å². The number of carboxylic acid groups (broad SMARTS) is 1. The molecule has 1 aromatic carbocycles. The van der Waals surface area contributed by atoms with E-state index in [1.807, 2.05) is 13.8 Å². The predicted octanol–water partition coefficient (Wildman–Crippen LogP) is -3.59. The van der Waals surface area contributed by atoms with Crippen LogP contribution in [0.4, 0.5) is 0 Å². The topological polar surface area (TPSA) is 314 Å². The van der Waals surface area contributed by atoms with Crippen LogP contribution < -0.4 is 43.8 Å². The number of aliphatic hydroxyl groups excluding tert-OH is 1. The number of aliphatic imine (C=N–C) groups is 1. The first-order chi connectivity index (χ1) is 24.7. The van der Waals surface area contributed by atoms with Crippen molar-refractivity contribution >= 4 is 47.4 Å². The molecule has 1 aliphatic heterocycles. The highest BCUT2D eigenvalue weighted by Crippen LogP contribution is 2.17. The second-order valence-corrected chi connectivity index (χ2v) is 12.5. The highest BCUT2D eigenvalue weighted by molar-refractivity contribution is 5.95. The van der Waals surface area contributed by atoms with Gasteiger partial charge in [0.25, 0.3) is 0 Å². The van der Waals surface area contributed by atoms with Crippen molar-refractivity contribution in [2.24, 2.45) is 28.1 Å². The molecule has 0 aromatic heterocycles. The lowest BCUT2D eigenvalue weighted by Crippen LogP contribution is -2.58. The maximum atomic E-state index is 13.3. The first-order valence-corrected chi connectivity index (χ1v) is 17.1. The highest BCUT2D eigenvalue weighted by Gasteiger charge is 2.35. The largest absolute Gasteiger partial charge is 0.480 e. The molecule has 19 heteroatoms. The van der Waals surface area contributed by atoms with Gasteiger partial charge in [0.1, 0.15) is 24.2 Å². The minimum absolute atomic E-state index is 0.0227. The van der Waals surface area contributed by atoms with Crippen molar-refractivity contribution in [3.8, 4) is 0 Å². The Hall–Kier alpha value is -5.30. The van der Waals surface area contributed by atoms with Gasteiger partial charge in [0.05, 0.1) is 25.7 Å². The number of nitrogens with zero attached hydrogens (tertiary/aromatic N) is 2. The molecule has 6 amide bonds. The van der Waals surface area contributed by atoms with Crippen molar-refractivity contribution in [2.75, 3.05) is 32.8 Å². The number of carbonyl (C=O) groups is 7. The molecule has 52 heavy (non-hydrogen) atoms. The van der Waals surface area contributed by atoms with Crippen molar-refractivity contribution in [1.29, 1.82) is 0 Å². The molecule has 1 aliphatic rings. The van der Waals surface area contributed by atoms with Gasteiger partial charge in [0.2, 0.25) is 35.4 Å². The Balaban J connectivity index is 2.01. The van der Waals surface area contributed by atoms with Gasteiger partial charge in [-0.2, -0.15) is 0 Å². The summed E-state index contributed by atoms with van der Waals surface area (Å²) < 4.78 is 0. The number of nitrogens with two attached hydrogens (primary N) is 3. The smallest absolute Gasteiger partial charge is 0.326 e. The number of benzene rings is 1. The summed E-state index contributed by atoms with van der Waals surface area (Å²) in [6.45, 7) is 2.28. The average Bonchev–Trinajstić information content (AvgIpc) is 3.62. The van der Waals surface area contributed by atoms with Gasteiger partial charge in [0.15, 0.2) is 5.96 Å². The Morgan fingerprint density at radius 3 is 2.19 bits per heavy atom. The normalized spacial score (nSPS) is 16.6. The number of hydrogen-bond donors (Lipinski definition) is 10. The lowest BCUT2D eigenvalue weighted by molar-refractivity contribution is -0.142. The van der Waals surface area contributed by atoms with Gasteiger partial charge in [-0.3, -0.25) is 33.8 Å². The fraction of sp³-hybridized carbons (Fsp3) is 0.576. The molecule has 1 aromatic rings. The number of aliphatic carboxylic acids is 1. The average molecular weight is 733 g/mol. The number of carbonyl (C=O) groups excluding carboxylic acids is 6. The van der Waals surface area contributed by atoms with Crippen LogP contribution in [0.2, 0.25) is 0 Å². The zero-order valence-electron chi connectivity index (χ0n) is 29.5. The summed E-state index contributed by atoms with van der Waals surface area (Å²) in [5.41, 5.74) is 17.3. The summed E-state index contributed by atoms with van der Waals surface area (Å²) in [4.78, 5) is 94.3. The Kier molecular flexibility index (Phi) is 18.0. The number of amides is 6. The van der Waals surface area contributed by atoms with Gasteiger partial charge in [-0.25, -0.2) is 4.79 Å². The first kappa shape index (κ1) is 42.9. The lowest BCUT2D eigenvalue weighted by atomic mass is 9.99. The van der Waals surface area contributed by atoms with Crippen LogP contribution >= 0.6 is 0 Å². The molecule has 19 nitrogen and oxygen atoms in total. The van der Waals surface area contributed by atoms with Crippen molar-refractivity contribution in [3.63, 3.8) is 0 Å². The quantitative estimate of drug-likeness (QED) is 0.0333. The molecular formula is C33H52N10O9. The molecule has 1 saturated heterocycles. The van der Waals surface area contributed by atoms with E-state index in [1.54, 1.807) is 30.3 Å². The monoisotopic (exact) mass is 732 g/mol. The van der Waals surface area contributed by atoms with Crippen LogP contribution in [0.15, 0.2) is 35.3 Å². The van der Waals surface area contributed by atoms with Crippen LogP contribution in [-0.2, 0) is 40.0 Å². The number of rotatable bonds is 21. The Labute approximate surface area is 301 Å². The molecule has 6 atom stereocenters. The van der Waals surface area contributed by atoms with E-state index in [9.17, 15) is 43.8 Å². The molecule has 1 fully saturated rings. The fourth-order valence-corrected chi connectivity index (χ4v) is 5.32. The summed E-state index contributed by atoms with van der Waals surface area (Å²) in [7, 11) is 0. The van der Waals surface area contributed by atoms with Gasteiger partial charge >= 0.3 is 5.97 Å². The molecule has 0 aliphatic carbocycles. The third-order valence-electron chi connectivity index (χ3n) is 8.58. The Morgan fingerprint density at radius 2 is 1.58 bits per heavy atom. The molecule has 288 valence electrons. The van der Waals surface area contributed by atoms with E-state index in [0.29, 0.717) is 24.8 Å². The SMILES string of the molecule is CC[C@H](C)[C@H](N)C(=O)NCC(=O)N1CCC[C@H]1C(=O)NCC(=O)N[C@@H](CCCN=C(N)N)C(=O)N[C@@H](CO)C(=O)N[C@@H](Cc1ccccc1)C(=O)O. The standard InChI is InChI=1S/C33H52N10O9/c1-3-19(2)27(34)31(50)39-17-26(46)43-14-8-12-24(43)30(49)38-16-25(45)40-21(11-7-13-37-33(35)36)28(47)42-23(18-44)29(48)41-22(32(51)52)15-20-9-5-4-6-10-20/h4-6,9-10,19,21-24,27,44H,3,7-8,11-18,34H2,1-2H3,(H,38,49)(H,39,50)(H,40,45)(H,41,48)(H,42,47)(H,51,52)(H4,35,36,37)/t19-,21-,22-,23-,24-,27-/m0/s1. The fourth-order valence-electron chi connectivity index (χ4n) is 5.32. The molecule has 0 spiro atoms. The minimum Gasteiger partial charge on any atom is -0.480 e. The summed E-state index contributed by atoms with van der Waals surface area (Å²) in [6, 6.07) is 2.65. The summed E-state index contributed by atoms with van der Waals surface area (Å²) >= 11 is 0. The van der Waals surface area contributed by atoms with Gasteiger partial charge in [-0.05, 0) is 37.2 Å². The third-order valence-corrected chi connectivity index (χ3v) is 8.58. The highest BCUT2D eigenvalue weighted by atomic mass is 16.4. The second kappa shape index (κ2) is 21.8. The molecule has 1 heterocycles. The predicted molar refractivity (Wildman–Crippen MR) is 189 cm³/mol. The van der Waals surface area contributed by atoms with E-state index in [1.165, 1.54) is 4.90 Å². The maximum absolute atomic E-state index is 13.3. The molecule has 0 saturated carbocycles. The lowest BCUT2D eigenvalue weighted by Gasteiger charge is -2.25. The van der Waals surface area contributed by atoms with Crippen LogP contribution in [-0.4, -0.2) is 125 Å². The van der Waals surface area contributed by atoms with E-state index in [4.69, 9.17) is 17.2 Å². The van der Waals surface area contributed by atoms with Crippen LogP contribution in [0, 0.1) is 5.92 Å². The van der Waals surface area contributed by atoms with Crippen molar-refractivity contribution in [3.05, 3.63) is 35.9 Å². The first-order valence-electron chi connectivity index (χ1n) is 17.1. The molecular weight excluding hydrogens is 680 g/mol. The van der Waals surface area contributed by atoms with Crippen molar-refractivity contribution in [1.82, 2.24) is 31.5 Å². The van der Waals surface area contributed by atoms with Crippen LogP contribution in [0.25, 0.3) is 0 Å². The second-order valence-electron chi connectivity index (χ2n) is 12.5. The van der Waals surface area contributed by atoms with Gasteiger partial charge in [-0.1, -0.05) is 50.6 Å². The number of carboxylic acids is 1. The number of guanidine groups is 1. The summed E-state index contributed by atoms with van der Waals surface area (Å²) in [5.74, 6) is -5.81. The molecule has 2 rings (SSSR count). The Morgan fingerprint density at radius 1 is 0.923 bits per heavy atom. The van der Waals surface area contributed by atoms with Gasteiger partial charge in [0, 0.05) is 19.5 Å². The Bertz CT molecular complexity index is 1420. The van der Waals surface area contributed by atoms with E-state index < -0.39 is 84.8 Å².